The SMILES string of the molecule is CCC(NC(=O)c1cc2ccccc2[nH]1)C(=O)NC(Cc1ccc[nH]c1=O)C(=O)C(=O)NC1CC1. The van der Waals surface area contributed by atoms with Gasteiger partial charge in [0, 0.05) is 35.1 Å². The topological polar surface area (TPSA) is 153 Å². The largest absolute Gasteiger partial charge is 0.351 e. The van der Waals surface area contributed by atoms with Gasteiger partial charge in [0.1, 0.15) is 17.8 Å². The fourth-order valence-corrected chi connectivity index (χ4v) is 3.75. The van der Waals surface area contributed by atoms with Gasteiger partial charge in [-0.05, 0) is 37.5 Å². The highest BCUT2D eigenvalue weighted by atomic mass is 16.2. The van der Waals surface area contributed by atoms with E-state index in [0.29, 0.717) is 5.69 Å². The molecule has 5 N–H and O–H groups in total. The number of rotatable bonds is 10. The highest BCUT2D eigenvalue weighted by molar-refractivity contribution is 6.38. The van der Waals surface area contributed by atoms with Crippen molar-refractivity contribution in [2.24, 2.45) is 0 Å². The highest BCUT2D eigenvalue weighted by Crippen LogP contribution is 2.18. The second kappa shape index (κ2) is 10.4. The summed E-state index contributed by atoms with van der Waals surface area (Å²) in [6.45, 7) is 1.72. The molecular formula is C25H27N5O5. The van der Waals surface area contributed by atoms with E-state index in [4.69, 9.17) is 0 Å². The lowest BCUT2D eigenvalue weighted by atomic mass is 10.0. The molecule has 1 aliphatic rings. The summed E-state index contributed by atoms with van der Waals surface area (Å²) >= 11 is 0. The van der Waals surface area contributed by atoms with Crippen LogP contribution in [-0.2, 0) is 20.8 Å². The summed E-state index contributed by atoms with van der Waals surface area (Å²) in [7, 11) is 0. The number of carbonyl (C=O) groups is 4. The molecule has 35 heavy (non-hydrogen) atoms. The molecule has 182 valence electrons. The molecule has 1 aromatic carbocycles. The van der Waals surface area contributed by atoms with Crippen LogP contribution in [0.1, 0.15) is 42.2 Å². The Balaban J connectivity index is 1.48. The average Bonchev–Trinajstić information content (AvgIpc) is 3.56. The zero-order valence-corrected chi connectivity index (χ0v) is 19.2. The first-order valence-corrected chi connectivity index (χ1v) is 11.6. The van der Waals surface area contributed by atoms with Gasteiger partial charge in [-0.1, -0.05) is 31.2 Å². The number of amides is 3. The third-order valence-electron chi connectivity index (χ3n) is 5.90. The molecule has 0 aliphatic heterocycles. The van der Waals surface area contributed by atoms with Crippen LogP contribution in [0, 0.1) is 0 Å². The molecule has 1 aliphatic carbocycles. The Morgan fingerprint density at radius 2 is 1.80 bits per heavy atom. The van der Waals surface area contributed by atoms with E-state index in [1.807, 2.05) is 24.3 Å². The molecule has 4 rings (SSSR count). The zero-order valence-electron chi connectivity index (χ0n) is 19.2. The minimum Gasteiger partial charge on any atom is -0.351 e. The monoisotopic (exact) mass is 477 g/mol. The van der Waals surface area contributed by atoms with Crippen LogP contribution in [0.4, 0.5) is 0 Å². The number of benzene rings is 1. The predicted molar refractivity (Wildman–Crippen MR) is 129 cm³/mol. The van der Waals surface area contributed by atoms with Crippen molar-refractivity contribution < 1.29 is 19.2 Å². The van der Waals surface area contributed by atoms with Crippen LogP contribution in [0.5, 0.6) is 0 Å². The number of nitrogens with one attached hydrogen (secondary N) is 5. The fraction of sp³-hybridized carbons (Fsp3) is 0.320. The first kappa shape index (κ1) is 23.9. The maximum atomic E-state index is 13.1. The van der Waals surface area contributed by atoms with Gasteiger partial charge in [0.2, 0.25) is 11.7 Å². The van der Waals surface area contributed by atoms with E-state index in [9.17, 15) is 24.0 Å². The number of hydrogen-bond acceptors (Lipinski definition) is 5. The van der Waals surface area contributed by atoms with Gasteiger partial charge in [-0.2, -0.15) is 0 Å². The zero-order chi connectivity index (χ0) is 24.9. The number of fused-ring (bicyclic) bond motifs is 1. The smallest absolute Gasteiger partial charge is 0.289 e. The van der Waals surface area contributed by atoms with Gasteiger partial charge in [-0.3, -0.25) is 24.0 Å². The summed E-state index contributed by atoms with van der Waals surface area (Å²) in [6.07, 6.45) is 3.13. The summed E-state index contributed by atoms with van der Waals surface area (Å²) in [6, 6.07) is 9.96. The van der Waals surface area contributed by atoms with Gasteiger partial charge in [-0.25, -0.2) is 0 Å². The van der Waals surface area contributed by atoms with Crippen LogP contribution in [0.15, 0.2) is 53.5 Å². The molecule has 2 atom stereocenters. The molecule has 0 radical (unpaired) electrons. The van der Waals surface area contributed by atoms with Crippen LogP contribution in [0.2, 0.25) is 0 Å². The van der Waals surface area contributed by atoms with E-state index < -0.39 is 41.1 Å². The Morgan fingerprint density at radius 1 is 1.03 bits per heavy atom. The van der Waals surface area contributed by atoms with Gasteiger partial charge in [0.25, 0.3) is 17.4 Å². The van der Waals surface area contributed by atoms with Crippen molar-refractivity contribution in [2.45, 2.75) is 50.7 Å². The Labute approximate surface area is 200 Å². The summed E-state index contributed by atoms with van der Waals surface area (Å²) in [5.41, 5.74) is 0.919. The van der Waals surface area contributed by atoms with Gasteiger partial charge in [-0.15, -0.1) is 0 Å². The van der Waals surface area contributed by atoms with Crippen molar-refractivity contribution in [3.63, 3.8) is 0 Å². The molecule has 2 aromatic heterocycles. The minimum atomic E-state index is -1.26. The van der Waals surface area contributed by atoms with Crippen LogP contribution in [-0.4, -0.2) is 51.6 Å². The average molecular weight is 478 g/mol. The van der Waals surface area contributed by atoms with E-state index in [-0.39, 0.29) is 24.4 Å². The third-order valence-corrected chi connectivity index (χ3v) is 5.90. The summed E-state index contributed by atoms with van der Waals surface area (Å²) in [5, 5.41) is 8.72. The van der Waals surface area contributed by atoms with Crippen molar-refractivity contribution >= 4 is 34.4 Å². The highest BCUT2D eigenvalue weighted by Gasteiger charge is 2.33. The molecule has 1 saturated carbocycles. The molecule has 3 amide bonds. The molecule has 0 bridgehead atoms. The van der Waals surface area contributed by atoms with Crippen molar-refractivity contribution in [3.05, 3.63) is 70.3 Å². The van der Waals surface area contributed by atoms with Crippen LogP contribution in [0.3, 0.4) is 0 Å². The Hall–Kier alpha value is -4.21. The summed E-state index contributed by atoms with van der Waals surface area (Å²) in [4.78, 5) is 68.8. The molecule has 0 saturated heterocycles. The minimum absolute atomic E-state index is 0.0399. The van der Waals surface area contributed by atoms with E-state index in [1.165, 1.54) is 12.3 Å². The number of aromatic nitrogens is 2. The number of carbonyl (C=O) groups excluding carboxylic acids is 4. The lowest BCUT2D eigenvalue weighted by molar-refractivity contribution is -0.140. The van der Waals surface area contributed by atoms with Crippen molar-refractivity contribution in [1.82, 2.24) is 25.9 Å². The number of pyridine rings is 1. The maximum absolute atomic E-state index is 13.1. The number of para-hydroxylation sites is 1. The molecule has 1 fully saturated rings. The molecule has 2 unspecified atom stereocenters. The number of ketones is 1. The predicted octanol–water partition coefficient (Wildman–Crippen LogP) is 0.940. The lowest BCUT2D eigenvalue weighted by Crippen LogP contribution is -2.54. The summed E-state index contributed by atoms with van der Waals surface area (Å²) < 4.78 is 0. The molecule has 3 aromatic rings. The second-order valence-electron chi connectivity index (χ2n) is 8.61. The normalized spacial score (nSPS) is 14.7. The Bertz CT molecular complexity index is 1290. The van der Waals surface area contributed by atoms with Crippen LogP contribution in [0.25, 0.3) is 10.9 Å². The first-order valence-electron chi connectivity index (χ1n) is 11.6. The molecule has 2 heterocycles. The lowest BCUT2D eigenvalue weighted by Gasteiger charge is -2.21. The van der Waals surface area contributed by atoms with Crippen LogP contribution < -0.4 is 21.5 Å². The van der Waals surface area contributed by atoms with Gasteiger partial charge in [0.15, 0.2) is 0 Å². The van der Waals surface area contributed by atoms with Crippen molar-refractivity contribution in [3.8, 4) is 0 Å². The number of aromatic amines is 2. The quantitative estimate of drug-likeness (QED) is 0.275. The third kappa shape index (κ3) is 5.84. The van der Waals surface area contributed by atoms with E-state index in [2.05, 4.69) is 25.9 Å². The molecule has 10 nitrogen and oxygen atoms in total. The van der Waals surface area contributed by atoms with Gasteiger partial charge < -0.3 is 25.9 Å². The van der Waals surface area contributed by atoms with E-state index in [1.54, 1.807) is 19.1 Å². The molecule has 10 heteroatoms. The van der Waals surface area contributed by atoms with E-state index >= 15 is 0 Å². The standard InChI is InChI=1S/C25H27N5O5/c1-2-17(29-24(34)20-12-14-6-3-4-8-18(14)28-20)23(33)30-19(13-15-7-5-11-26-22(15)32)21(31)25(35)27-16-9-10-16/h3-8,11-12,16-17,19,28H,2,9-10,13H2,1H3,(H,26,32)(H,27,35)(H,29,34)(H,30,33). The van der Waals surface area contributed by atoms with Crippen molar-refractivity contribution in [2.75, 3.05) is 0 Å². The Morgan fingerprint density at radius 3 is 2.49 bits per heavy atom. The Kier molecular flexibility index (Phi) is 7.09. The maximum Gasteiger partial charge on any atom is 0.289 e. The number of Topliss-reactive ketones (excluding diaryl/α,β-unsaturated/α-hetero) is 1. The van der Waals surface area contributed by atoms with E-state index in [0.717, 1.165) is 23.7 Å². The second-order valence-corrected chi connectivity index (χ2v) is 8.61. The number of hydrogen-bond donors (Lipinski definition) is 5. The van der Waals surface area contributed by atoms with Gasteiger partial charge >= 0.3 is 0 Å². The van der Waals surface area contributed by atoms with Crippen molar-refractivity contribution in [1.29, 1.82) is 0 Å². The first-order chi connectivity index (χ1) is 16.9. The fourth-order valence-electron chi connectivity index (χ4n) is 3.75. The van der Waals surface area contributed by atoms with Gasteiger partial charge in [0.05, 0.1) is 0 Å². The molecule has 0 spiro atoms. The molecular weight excluding hydrogens is 450 g/mol. The van der Waals surface area contributed by atoms with Crippen LogP contribution >= 0.6 is 0 Å². The number of H-pyrrole nitrogens is 2. The summed E-state index contributed by atoms with van der Waals surface area (Å²) in [5.74, 6) is -2.75.